The fourth-order valence-corrected chi connectivity index (χ4v) is 4.03. The molecule has 6 heteroatoms. The third-order valence-corrected chi connectivity index (χ3v) is 5.24. The number of aromatic nitrogens is 2. The lowest BCUT2D eigenvalue weighted by atomic mass is 9.82. The van der Waals surface area contributed by atoms with E-state index in [1.54, 1.807) is 0 Å². The van der Waals surface area contributed by atoms with E-state index in [1.807, 2.05) is 38.1 Å². The zero-order valence-corrected chi connectivity index (χ0v) is 14.9. The van der Waals surface area contributed by atoms with Crippen LogP contribution in [-0.4, -0.2) is 48.0 Å². The van der Waals surface area contributed by atoms with Gasteiger partial charge in [0.2, 0.25) is 0 Å². The minimum absolute atomic E-state index is 0.0859. The van der Waals surface area contributed by atoms with Gasteiger partial charge in [-0.15, -0.1) is 0 Å². The van der Waals surface area contributed by atoms with E-state index in [0.29, 0.717) is 19.1 Å². The van der Waals surface area contributed by atoms with Crippen LogP contribution in [0.25, 0.3) is 0 Å². The first kappa shape index (κ1) is 16.7. The summed E-state index contributed by atoms with van der Waals surface area (Å²) in [5.74, 6) is 1.38. The number of nitrogens with zero attached hydrogens (tertiary/aromatic N) is 3. The van der Waals surface area contributed by atoms with Crippen molar-refractivity contribution in [3.63, 3.8) is 0 Å². The summed E-state index contributed by atoms with van der Waals surface area (Å²) in [7, 11) is 0. The highest BCUT2D eigenvalue weighted by molar-refractivity contribution is 5.09. The molecule has 0 aromatic carbocycles. The number of likely N-dealkylation sites (tertiary alicyclic amines) is 1. The zero-order valence-electron chi connectivity index (χ0n) is 14.9. The van der Waals surface area contributed by atoms with Crippen LogP contribution < -0.4 is 0 Å². The fraction of sp³-hybridized carbons (Fsp3) is 0.579. The van der Waals surface area contributed by atoms with E-state index in [2.05, 4.69) is 15.0 Å². The smallest absolute Gasteiger partial charge is 0.133 e. The van der Waals surface area contributed by atoms with E-state index in [9.17, 15) is 0 Å². The third-order valence-electron chi connectivity index (χ3n) is 5.24. The van der Waals surface area contributed by atoms with E-state index in [4.69, 9.17) is 14.0 Å². The monoisotopic (exact) mass is 343 g/mol. The van der Waals surface area contributed by atoms with Crippen LogP contribution in [0, 0.1) is 25.2 Å². The van der Waals surface area contributed by atoms with Gasteiger partial charge in [-0.2, -0.15) is 0 Å². The van der Waals surface area contributed by atoms with Crippen LogP contribution in [0.5, 0.6) is 0 Å². The lowest BCUT2D eigenvalue weighted by Gasteiger charge is -2.27. The lowest BCUT2D eigenvalue weighted by molar-refractivity contribution is 0.0170. The van der Waals surface area contributed by atoms with Gasteiger partial charge in [0.05, 0.1) is 37.8 Å². The summed E-state index contributed by atoms with van der Waals surface area (Å²) in [6.07, 6.45) is 0. The second-order valence-corrected chi connectivity index (χ2v) is 7.44. The molecule has 134 valence electrons. The summed E-state index contributed by atoms with van der Waals surface area (Å²) in [4.78, 5) is 6.95. The van der Waals surface area contributed by atoms with Gasteiger partial charge in [-0.05, 0) is 26.0 Å². The number of pyridine rings is 1. The van der Waals surface area contributed by atoms with Crippen molar-refractivity contribution in [3.8, 4) is 0 Å². The molecule has 2 aliphatic heterocycles. The largest absolute Gasteiger partial charge is 0.380 e. The second-order valence-electron chi connectivity index (χ2n) is 7.44. The van der Waals surface area contributed by atoms with Crippen molar-refractivity contribution in [2.45, 2.75) is 27.0 Å². The van der Waals surface area contributed by atoms with Gasteiger partial charge < -0.3 is 14.0 Å². The number of ether oxygens (including phenoxy) is 2. The zero-order chi connectivity index (χ0) is 17.3. The van der Waals surface area contributed by atoms with E-state index in [0.717, 1.165) is 55.7 Å². The first-order chi connectivity index (χ1) is 12.1. The Hall–Kier alpha value is -1.76. The summed E-state index contributed by atoms with van der Waals surface area (Å²) >= 11 is 0. The van der Waals surface area contributed by atoms with E-state index < -0.39 is 0 Å². The Bertz CT molecular complexity index is 732. The minimum atomic E-state index is 0.0859. The van der Waals surface area contributed by atoms with Gasteiger partial charge in [0.25, 0.3) is 0 Å². The van der Waals surface area contributed by atoms with Crippen molar-refractivity contribution in [1.82, 2.24) is 15.0 Å². The van der Waals surface area contributed by atoms with Crippen molar-refractivity contribution in [2.24, 2.45) is 11.3 Å². The van der Waals surface area contributed by atoms with Crippen LogP contribution in [0.4, 0.5) is 0 Å². The maximum absolute atomic E-state index is 6.06. The van der Waals surface area contributed by atoms with Crippen LogP contribution in [0.1, 0.15) is 22.8 Å². The van der Waals surface area contributed by atoms with Gasteiger partial charge >= 0.3 is 0 Å². The Labute approximate surface area is 148 Å². The Balaban J connectivity index is 1.36. The molecule has 6 nitrogen and oxygen atoms in total. The first-order valence-electron chi connectivity index (χ1n) is 8.86. The predicted octanol–water partition coefficient (Wildman–Crippen LogP) is 2.35. The molecule has 4 rings (SSSR count). The van der Waals surface area contributed by atoms with Crippen molar-refractivity contribution < 1.29 is 14.0 Å². The highest BCUT2D eigenvalue weighted by Crippen LogP contribution is 2.42. The SMILES string of the molecule is Cc1cccc(COC[C@]23COC[C@H]2CN(Cc2cc(C)on2)C3)n1. The Morgan fingerprint density at radius 1 is 1.32 bits per heavy atom. The van der Waals surface area contributed by atoms with Gasteiger partial charge in [0.1, 0.15) is 5.76 Å². The maximum Gasteiger partial charge on any atom is 0.133 e. The molecule has 2 saturated heterocycles. The molecule has 2 aromatic heterocycles. The number of hydrogen-bond acceptors (Lipinski definition) is 6. The summed E-state index contributed by atoms with van der Waals surface area (Å²) in [6.45, 7) is 9.62. The molecule has 0 N–H and O–H groups in total. The molecule has 2 aromatic rings. The summed E-state index contributed by atoms with van der Waals surface area (Å²) in [5.41, 5.74) is 3.09. The fourth-order valence-electron chi connectivity index (χ4n) is 4.03. The van der Waals surface area contributed by atoms with Crippen LogP contribution in [0.15, 0.2) is 28.8 Å². The molecule has 2 aliphatic rings. The van der Waals surface area contributed by atoms with Gasteiger partial charge in [-0.1, -0.05) is 11.2 Å². The molecule has 0 bridgehead atoms. The molecule has 4 heterocycles. The van der Waals surface area contributed by atoms with Crippen LogP contribution >= 0.6 is 0 Å². The van der Waals surface area contributed by atoms with Crippen molar-refractivity contribution in [3.05, 3.63) is 47.1 Å². The quantitative estimate of drug-likeness (QED) is 0.802. The third kappa shape index (κ3) is 3.61. The molecule has 0 amide bonds. The highest BCUT2D eigenvalue weighted by atomic mass is 16.5. The lowest BCUT2D eigenvalue weighted by Crippen LogP contribution is -2.35. The summed E-state index contributed by atoms with van der Waals surface area (Å²) in [6, 6.07) is 8.06. The highest BCUT2D eigenvalue weighted by Gasteiger charge is 2.50. The van der Waals surface area contributed by atoms with Gasteiger partial charge in [-0.3, -0.25) is 9.88 Å². The molecule has 0 saturated carbocycles. The molecule has 2 fully saturated rings. The number of rotatable bonds is 6. The first-order valence-corrected chi connectivity index (χ1v) is 8.86. The number of fused-ring (bicyclic) bond motifs is 1. The van der Waals surface area contributed by atoms with E-state index >= 15 is 0 Å². The standard InChI is InChI=1S/C19H25N3O3/c1-14-4-3-5-17(20-14)10-24-13-19-11-22(7-16(19)9-23-12-19)8-18-6-15(2)25-21-18/h3-6,16H,7-13H2,1-2H3/t16-,19+/m1/s1. The van der Waals surface area contributed by atoms with Crippen LogP contribution in [0.3, 0.4) is 0 Å². The van der Waals surface area contributed by atoms with Gasteiger partial charge in [-0.25, -0.2) is 0 Å². The Kier molecular flexibility index (Phi) is 4.58. The molecule has 0 aliphatic carbocycles. The van der Waals surface area contributed by atoms with E-state index in [-0.39, 0.29) is 5.41 Å². The number of hydrogen-bond donors (Lipinski definition) is 0. The van der Waals surface area contributed by atoms with Crippen molar-refractivity contribution in [2.75, 3.05) is 32.9 Å². The molecule has 0 spiro atoms. The summed E-state index contributed by atoms with van der Waals surface area (Å²) in [5, 5.41) is 4.12. The average molecular weight is 343 g/mol. The van der Waals surface area contributed by atoms with Gasteiger partial charge in [0.15, 0.2) is 0 Å². The normalized spacial score (nSPS) is 26.2. The molecule has 0 radical (unpaired) electrons. The Morgan fingerprint density at radius 3 is 3.04 bits per heavy atom. The average Bonchev–Trinajstić information content (AvgIpc) is 3.22. The molecule has 2 atom stereocenters. The van der Waals surface area contributed by atoms with Crippen LogP contribution in [-0.2, 0) is 22.6 Å². The van der Waals surface area contributed by atoms with Gasteiger partial charge in [0, 0.05) is 42.7 Å². The van der Waals surface area contributed by atoms with E-state index in [1.165, 1.54) is 0 Å². The van der Waals surface area contributed by atoms with Crippen molar-refractivity contribution in [1.29, 1.82) is 0 Å². The molecule has 0 unspecified atom stereocenters. The van der Waals surface area contributed by atoms with Crippen LogP contribution in [0.2, 0.25) is 0 Å². The topological polar surface area (TPSA) is 60.6 Å². The molecule has 25 heavy (non-hydrogen) atoms. The maximum atomic E-state index is 6.06. The molecular weight excluding hydrogens is 318 g/mol. The predicted molar refractivity (Wildman–Crippen MR) is 91.9 cm³/mol. The molecular formula is C19H25N3O3. The Morgan fingerprint density at radius 2 is 2.24 bits per heavy atom. The second kappa shape index (κ2) is 6.86. The minimum Gasteiger partial charge on any atom is -0.380 e. The van der Waals surface area contributed by atoms with Crippen molar-refractivity contribution >= 4 is 0 Å². The number of aryl methyl sites for hydroxylation is 2. The summed E-state index contributed by atoms with van der Waals surface area (Å²) < 4.78 is 17.0.